The van der Waals surface area contributed by atoms with Gasteiger partial charge in [0.15, 0.2) is 0 Å². The second kappa shape index (κ2) is 16.2. The smallest absolute Gasteiger partial charge is 0.337 e. The predicted molar refractivity (Wildman–Crippen MR) is 181 cm³/mol. The second-order valence-corrected chi connectivity index (χ2v) is 11.0. The van der Waals surface area contributed by atoms with Gasteiger partial charge in [-0.25, -0.2) is 14.4 Å². The Morgan fingerprint density at radius 1 is 0.896 bits per heavy atom. The van der Waals surface area contributed by atoms with Crippen molar-refractivity contribution < 1.29 is 38.9 Å². The fourth-order valence-electron chi connectivity index (χ4n) is 5.05. The zero-order valence-electron chi connectivity index (χ0n) is 26.8. The summed E-state index contributed by atoms with van der Waals surface area (Å²) in [6, 6.07) is 22.2. The molecule has 0 atom stereocenters. The van der Waals surface area contributed by atoms with Crippen LogP contribution in [0.4, 0.5) is 17.1 Å². The summed E-state index contributed by atoms with van der Waals surface area (Å²) < 4.78 is 4.82. The van der Waals surface area contributed by atoms with Crippen molar-refractivity contribution >= 4 is 58.1 Å². The van der Waals surface area contributed by atoms with Gasteiger partial charge in [-0.2, -0.15) is 0 Å². The standard InChI is InChI=1S/C31H33N5O4.C4H4O4/c1-34-15-17-36(18-16-34)20-27(37)35(2)24-12-10-23(11-13-24)32-29(21-7-5-4-6-8-21)28-25-14-9-22(31(39)40-3)19-26(25)33-30(28)38;5-3(6)1-2-4(7)8/h4-14,19,32H,15-18,20H2,1-3H3,(H,33,38);1-2H,(H,5,6)(H,7,8)/b29-28-;2-1-. The van der Waals surface area contributed by atoms with Crippen LogP contribution < -0.4 is 15.5 Å². The number of benzene rings is 3. The van der Waals surface area contributed by atoms with Crippen LogP contribution in [0.15, 0.2) is 84.9 Å². The van der Waals surface area contributed by atoms with E-state index < -0.39 is 17.9 Å². The van der Waals surface area contributed by atoms with Crippen LogP contribution in [0.5, 0.6) is 0 Å². The molecule has 0 spiro atoms. The number of carbonyl (C=O) groups is 5. The van der Waals surface area contributed by atoms with Crippen molar-refractivity contribution in [1.29, 1.82) is 0 Å². The van der Waals surface area contributed by atoms with E-state index in [0.29, 0.717) is 46.8 Å². The van der Waals surface area contributed by atoms with Crippen molar-refractivity contribution in [2.45, 2.75) is 0 Å². The van der Waals surface area contributed by atoms with Crippen LogP contribution in [0, 0.1) is 0 Å². The van der Waals surface area contributed by atoms with Crippen LogP contribution in [0.3, 0.4) is 0 Å². The van der Waals surface area contributed by atoms with Crippen LogP contribution in [-0.2, 0) is 23.9 Å². The Morgan fingerprint density at radius 2 is 1.52 bits per heavy atom. The number of amides is 2. The Bertz CT molecular complexity index is 1710. The lowest BCUT2D eigenvalue weighted by molar-refractivity contribution is -0.134. The first-order valence-corrected chi connectivity index (χ1v) is 15.0. The van der Waals surface area contributed by atoms with Crippen molar-refractivity contribution in [3.63, 3.8) is 0 Å². The molecule has 5 rings (SSSR count). The first kappa shape index (κ1) is 35.1. The number of ether oxygens (including phenoxy) is 1. The maximum absolute atomic E-state index is 13.2. The SMILES string of the molecule is COC(=O)c1ccc2c(c1)NC(=O)/C2=C(\Nc1ccc(N(C)C(=O)CN2CCN(C)CC2)cc1)c1ccccc1.O=C(O)/C=C\C(=O)O. The molecule has 2 aliphatic heterocycles. The number of carboxylic acids is 2. The maximum Gasteiger partial charge on any atom is 0.337 e. The Labute approximate surface area is 277 Å². The molecule has 48 heavy (non-hydrogen) atoms. The molecule has 250 valence electrons. The number of nitrogens with zero attached hydrogens (tertiary/aromatic N) is 3. The van der Waals surface area contributed by atoms with Crippen molar-refractivity contribution in [3.05, 3.63) is 102 Å². The van der Waals surface area contributed by atoms with Gasteiger partial charge >= 0.3 is 17.9 Å². The molecule has 2 amide bonds. The summed E-state index contributed by atoms with van der Waals surface area (Å²) in [5.74, 6) is -3.21. The van der Waals surface area contributed by atoms with E-state index in [9.17, 15) is 24.0 Å². The van der Waals surface area contributed by atoms with Gasteiger partial charge in [0.1, 0.15) is 0 Å². The van der Waals surface area contributed by atoms with Gasteiger partial charge in [0.05, 0.1) is 36.2 Å². The minimum atomic E-state index is -1.26. The Balaban J connectivity index is 0.000000579. The number of carboxylic acid groups (broad SMARTS) is 2. The molecule has 0 aliphatic carbocycles. The summed E-state index contributed by atoms with van der Waals surface area (Å²) in [5.41, 5.74) is 5.10. The molecule has 3 aromatic carbocycles. The van der Waals surface area contributed by atoms with Crippen LogP contribution >= 0.6 is 0 Å². The molecule has 1 saturated heterocycles. The van der Waals surface area contributed by atoms with Gasteiger partial charge in [-0.1, -0.05) is 36.4 Å². The Morgan fingerprint density at radius 3 is 2.10 bits per heavy atom. The number of hydrogen-bond donors (Lipinski definition) is 4. The van der Waals surface area contributed by atoms with E-state index >= 15 is 0 Å². The third kappa shape index (κ3) is 9.15. The molecular formula is C35H37N5O8. The van der Waals surface area contributed by atoms with Gasteiger partial charge < -0.3 is 35.4 Å². The van der Waals surface area contributed by atoms with Gasteiger partial charge in [-0.3, -0.25) is 14.5 Å². The lowest BCUT2D eigenvalue weighted by Crippen LogP contribution is -2.48. The normalized spacial score (nSPS) is 15.4. The van der Waals surface area contributed by atoms with Crippen LogP contribution in [0.1, 0.15) is 21.5 Å². The number of aliphatic carboxylic acids is 2. The highest BCUT2D eigenvalue weighted by molar-refractivity contribution is 6.37. The third-order valence-electron chi connectivity index (χ3n) is 7.72. The van der Waals surface area contributed by atoms with Crippen molar-refractivity contribution in [1.82, 2.24) is 9.80 Å². The largest absolute Gasteiger partial charge is 0.478 e. The highest BCUT2D eigenvalue weighted by Crippen LogP contribution is 2.38. The lowest BCUT2D eigenvalue weighted by Gasteiger charge is -2.32. The topological polar surface area (TPSA) is 169 Å². The highest BCUT2D eigenvalue weighted by Gasteiger charge is 2.29. The minimum Gasteiger partial charge on any atom is -0.478 e. The first-order chi connectivity index (χ1) is 23.0. The minimum absolute atomic E-state index is 0.0444. The number of likely N-dealkylation sites (N-methyl/N-ethyl adjacent to an activating group) is 2. The number of anilines is 3. The fraction of sp³-hybridized carbons (Fsp3) is 0.229. The summed E-state index contributed by atoms with van der Waals surface area (Å²) in [4.78, 5) is 63.4. The molecule has 1 fully saturated rings. The molecule has 13 nitrogen and oxygen atoms in total. The Kier molecular flexibility index (Phi) is 11.8. The van der Waals surface area contributed by atoms with E-state index in [0.717, 1.165) is 43.1 Å². The summed E-state index contributed by atoms with van der Waals surface area (Å²) in [6.07, 6.45) is 1.12. The molecule has 0 bridgehead atoms. The van der Waals surface area contributed by atoms with Crippen molar-refractivity contribution in [2.24, 2.45) is 0 Å². The average Bonchev–Trinajstić information content (AvgIpc) is 3.42. The molecule has 0 aromatic heterocycles. The van der Waals surface area contributed by atoms with E-state index in [1.807, 2.05) is 54.6 Å². The molecule has 0 radical (unpaired) electrons. The van der Waals surface area contributed by atoms with Gasteiger partial charge in [0.25, 0.3) is 5.91 Å². The van der Waals surface area contributed by atoms with Gasteiger partial charge in [0.2, 0.25) is 5.91 Å². The first-order valence-electron chi connectivity index (χ1n) is 15.0. The number of rotatable bonds is 9. The van der Waals surface area contributed by atoms with Gasteiger partial charge in [-0.05, 0) is 49.0 Å². The van der Waals surface area contributed by atoms with E-state index in [1.54, 1.807) is 30.1 Å². The molecule has 3 aromatic rings. The van der Waals surface area contributed by atoms with E-state index in [-0.39, 0.29) is 11.8 Å². The van der Waals surface area contributed by atoms with Gasteiger partial charge in [0, 0.05) is 62.3 Å². The van der Waals surface area contributed by atoms with E-state index in [2.05, 4.69) is 27.5 Å². The number of fused-ring (bicyclic) bond motifs is 1. The summed E-state index contributed by atoms with van der Waals surface area (Å²) in [5, 5.41) is 21.9. The number of hydrogen-bond acceptors (Lipinski definition) is 9. The number of esters is 1. The van der Waals surface area contributed by atoms with Crippen LogP contribution in [0.2, 0.25) is 0 Å². The quantitative estimate of drug-likeness (QED) is 0.197. The van der Waals surface area contributed by atoms with E-state index in [4.69, 9.17) is 14.9 Å². The molecule has 4 N–H and O–H groups in total. The Hall–Kier alpha value is -5.79. The monoisotopic (exact) mass is 655 g/mol. The molecule has 13 heteroatoms. The molecule has 0 unspecified atom stereocenters. The molecule has 2 heterocycles. The number of methoxy groups -OCH3 is 1. The van der Waals surface area contributed by atoms with Crippen LogP contribution in [-0.4, -0.2) is 104 Å². The van der Waals surface area contributed by atoms with E-state index in [1.165, 1.54) is 7.11 Å². The number of piperazine rings is 1. The van der Waals surface area contributed by atoms with Crippen LogP contribution in [0.25, 0.3) is 11.3 Å². The molecule has 2 aliphatic rings. The van der Waals surface area contributed by atoms with Crippen molar-refractivity contribution in [2.75, 3.05) is 69.5 Å². The van der Waals surface area contributed by atoms with Crippen molar-refractivity contribution in [3.8, 4) is 0 Å². The second-order valence-electron chi connectivity index (χ2n) is 11.0. The summed E-state index contributed by atoms with van der Waals surface area (Å²) >= 11 is 0. The number of nitrogens with one attached hydrogen (secondary N) is 2. The van der Waals surface area contributed by atoms with Gasteiger partial charge in [-0.15, -0.1) is 0 Å². The highest BCUT2D eigenvalue weighted by atomic mass is 16.5. The summed E-state index contributed by atoms with van der Waals surface area (Å²) in [6.45, 7) is 4.09. The fourth-order valence-corrected chi connectivity index (χ4v) is 5.05. The lowest BCUT2D eigenvalue weighted by atomic mass is 9.99. The third-order valence-corrected chi connectivity index (χ3v) is 7.72. The zero-order chi connectivity index (χ0) is 34.8. The molecule has 0 saturated carbocycles. The maximum atomic E-state index is 13.2. The summed E-state index contributed by atoms with van der Waals surface area (Å²) in [7, 11) is 5.21. The molecular weight excluding hydrogens is 618 g/mol. The predicted octanol–water partition coefficient (Wildman–Crippen LogP) is 3.33. The number of carbonyl (C=O) groups excluding carboxylic acids is 3. The zero-order valence-corrected chi connectivity index (χ0v) is 26.8. The average molecular weight is 656 g/mol.